The molecule has 3 heterocycles. The summed E-state index contributed by atoms with van der Waals surface area (Å²) >= 11 is 0. The van der Waals surface area contributed by atoms with E-state index < -0.39 is 11.2 Å². The topological polar surface area (TPSA) is 91.3 Å². The van der Waals surface area contributed by atoms with Crippen molar-refractivity contribution in [2.75, 3.05) is 6.61 Å². The zero-order chi connectivity index (χ0) is 13.0. The van der Waals surface area contributed by atoms with Crippen molar-refractivity contribution in [1.29, 1.82) is 0 Å². The maximum Gasteiger partial charge on any atom is 0.332 e. The van der Waals surface area contributed by atoms with E-state index in [1.165, 1.54) is 11.6 Å². The minimum atomic E-state index is -0.428. The molecule has 0 radical (unpaired) electrons. The summed E-state index contributed by atoms with van der Waals surface area (Å²) < 4.78 is 9.30. The molecule has 2 aromatic rings. The van der Waals surface area contributed by atoms with E-state index in [4.69, 9.17) is 9.84 Å². The van der Waals surface area contributed by atoms with E-state index in [1.807, 2.05) is 0 Å². The Bertz CT molecular complexity index is 754. The summed E-state index contributed by atoms with van der Waals surface area (Å²) in [4.78, 5) is 28.0. The van der Waals surface area contributed by atoms with E-state index >= 15 is 0 Å². The van der Waals surface area contributed by atoms with Crippen molar-refractivity contribution in [3.8, 4) is 6.01 Å². The van der Waals surface area contributed by atoms with Crippen LogP contribution in [0.15, 0.2) is 9.59 Å². The molecule has 1 N–H and O–H groups in total. The van der Waals surface area contributed by atoms with Gasteiger partial charge in [-0.3, -0.25) is 18.5 Å². The van der Waals surface area contributed by atoms with Gasteiger partial charge in [0, 0.05) is 14.1 Å². The minimum absolute atomic E-state index is 0.142. The lowest BCUT2D eigenvalue weighted by molar-refractivity contribution is 0.130. The van der Waals surface area contributed by atoms with Crippen molar-refractivity contribution in [3.63, 3.8) is 0 Å². The SMILES string of the molecule is Cn1c(=O)c2c(nc3n2C[C@@H](CO)O3)n(C)c1=O. The molecule has 0 saturated heterocycles. The zero-order valence-corrected chi connectivity index (χ0v) is 9.95. The Kier molecular flexibility index (Phi) is 2.11. The Morgan fingerprint density at radius 2 is 2.11 bits per heavy atom. The quantitative estimate of drug-likeness (QED) is 0.645. The van der Waals surface area contributed by atoms with Crippen LogP contribution < -0.4 is 16.0 Å². The predicted molar refractivity (Wildman–Crippen MR) is 61.7 cm³/mol. The number of ether oxygens (including phenoxy) is 1. The molecule has 0 aliphatic carbocycles. The maximum atomic E-state index is 12.1. The third-order valence-corrected chi connectivity index (χ3v) is 3.17. The number of aliphatic hydroxyl groups excluding tert-OH is 1. The Hall–Kier alpha value is -2.09. The molecule has 96 valence electrons. The molecule has 0 amide bonds. The summed E-state index contributed by atoms with van der Waals surface area (Å²) in [6.07, 6.45) is -0.390. The van der Waals surface area contributed by atoms with Gasteiger partial charge in [-0.15, -0.1) is 0 Å². The second kappa shape index (κ2) is 3.45. The van der Waals surface area contributed by atoms with E-state index in [0.717, 1.165) is 4.57 Å². The second-order valence-electron chi connectivity index (χ2n) is 4.31. The Balaban J connectivity index is 2.40. The highest BCUT2D eigenvalue weighted by atomic mass is 16.5. The van der Waals surface area contributed by atoms with Crippen molar-refractivity contribution in [2.24, 2.45) is 14.1 Å². The van der Waals surface area contributed by atoms with Crippen molar-refractivity contribution in [1.82, 2.24) is 18.7 Å². The number of fused-ring (bicyclic) bond motifs is 3. The zero-order valence-electron chi connectivity index (χ0n) is 9.95. The molecule has 0 saturated carbocycles. The molecule has 0 aromatic carbocycles. The molecule has 0 fully saturated rings. The van der Waals surface area contributed by atoms with Gasteiger partial charge in [-0.2, -0.15) is 4.98 Å². The highest BCUT2D eigenvalue weighted by Gasteiger charge is 2.29. The molecule has 3 rings (SSSR count). The van der Waals surface area contributed by atoms with Crippen molar-refractivity contribution in [3.05, 3.63) is 20.8 Å². The van der Waals surface area contributed by atoms with Crippen LogP contribution in [0.2, 0.25) is 0 Å². The van der Waals surface area contributed by atoms with E-state index in [1.54, 1.807) is 11.6 Å². The van der Waals surface area contributed by atoms with Gasteiger partial charge in [-0.25, -0.2) is 4.79 Å². The Labute approximate surface area is 101 Å². The van der Waals surface area contributed by atoms with Gasteiger partial charge in [0.1, 0.15) is 6.10 Å². The lowest BCUT2D eigenvalue weighted by Crippen LogP contribution is -2.37. The van der Waals surface area contributed by atoms with Gasteiger partial charge in [-0.1, -0.05) is 0 Å². The third-order valence-electron chi connectivity index (χ3n) is 3.17. The van der Waals surface area contributed by atoms with Gasteiger partial charge in [0.15, 0.2) is 11.2 Å². The smallest absolute Gasteiger partial charge is 0.332 e. The normalized spacial score (nSPS) is 18.1. The monoisotopic (exact) mass is 252 g/mol. The average molecular weight is 252 g/mol. The summed E-state index contributed by atoms with van der Waals surface area (Å²) in [5.74, 6) is 0. The molecule has 18 heavy (non-hydrogen) atoms. The first-order valence-corrected chi connectivity index (χ1v) is 5.48. The molecule has 1 aliphatic heterocycles. The number of hydrogen-bond acceptors (Lipinski definition) is 5. The first-order chi connectivity index (χ1) is 8.54. The van der Waals surface area contributed by atoms with Crippen LogP contribution in [0.25, 0.3) is 11.2 Å². The van der Waals surface area contributed by atoms with Gasteiger partial charge >= 0.3 is 5.69 Å². The minimum Gasteiger partial charge on any atom is -0.457 e. The number of hydrogen-bond donors (Lipinski definition) is 1. The van der Waals surface area contributed by atoms with Gasteiger partial charge in [-0.05, 0) is 0 Å². The molecular formula is C10H12N4O4. The predicted octanol–water partition coefficient (Wildman–Crippen LogP) is -1.81. The van der Waals surface area contributed by atoms with Crippen LogP contribution in [0, 0.1) is 0 Å². The summed E-state index contributed by atoms with van der Waals surface area (Å²) in [6.45, 7) is 0.215. The number of imidazole rings is 1. The second-order valence-corrected chi connectivity index (χ2v) is 4.31. The number of rotatable bonds is 1. The van der Waals surface area contributed by atoms with Gasteiger partial charge in [0.25, 0.3) is 11.6 Å². The van der Waals surface area contributed by atoms with Crippen molar-refractivity contribution < 1.29 is 9.84 Å². The van der Waals surface area contributed by atoms with E-state index in [2.05, 4.69) is 4.98 Å². The molecule has 0 unspecified atom stereocenters. The molecule has 8 heteroatoms. The molecule has 0 bridgehead atoms. The Morgan fingerprint density at radius 1 is 1.39 bits per heavy atom. The fraction of sp³-hybridized carbons (Fsp3) is 0.500. The van der Waals surface area contributed by atoms with Crippen LogP contribution in [0.5, 0.6) is 6.01 Å². The standard InChI is InChI=1S/C10H12N4O4/c1-12-7-6(8(16)13(2)10(12)17)14-3-5(4-15)18-9(14)11-7/h5,15H,3-4H2,1-2H3/t5-/m0/s1. The average Bonchev–Trinajstić information content (AvgIpc) is 2.90. The largest absolute Gasteiger partial charge is 0.457 e. The molecule has 2 aromatic heterocycles. The third kappa shape index (κ3) is 1.20. The Morgan fingerprint density at radius 3 is 2.78 bits per heavy atom. The number of aliphatic hydroxyl groups is 1. The van der Waals surface area contributed by atoms with Gasteiger partial charge in [0.2, 0.25) is 0 Å². The molecule has 0 spiro atoms. The van der Waals surface area contributed by atoms with E-state index in [0.29, 0.717) is 17.7 Å². The molecule has 8 nitrogen and oxygen atoms in total. The lowest BCUT2D eigenvalue weighted by Gasteiger charge is -2.06. The van der Waals surface area contributed by atoms with Crippen LogP contribution in [-0.2, 0) is 20.6 Å². The molecule has 1 aliphatic rings. The van der Waals surface area contributed by atoms with Crippen LogP contribution in [0.1, 0.15) is 0 Å². The molecule has 1 atom stereocenters. The van der Waals surface area contributed by atoms with Crippen LogP contribution in [-0.4, -0.2) is 36.5 Å². The van der Waals surface area contributed by atoms with Crippen molar-refractivity contribution in [2.45, 2.75) is 12.6 Å². The van der Waals surface area contributed by atoms with Crippen LogP contribution in [0.3, 0.4) is 0 Å². The first-order valence-electron chi connectivity index (χ1n) is 5.48. The van der Waals surface area contributed by atoms with Gasteiger partial charge < -0.3 is 9.84 Å². The summed E-state index contributed by atoms with van der Waals surface area (Å²) in [6, 6.07) is 0.266. The maximum absolute atomic E-state index is 12.1. The fourth-order valence-corrected chi connectivity index (χ4v) is 2.17. The van der Waals surface area contributed by atoms with E-state index in [9.17, 15) is 9.59 Å². The number of nitrogens with zero attached hydrogens (tertiary/aromatic N) is 4. The summed E-state index contributed by atoms with van der Waals surface area (Å²) in [5, 5.41) is 9.05. The van der Waals surface area contributed by atoms with Crippen LogP contribution in [0.4, 0.5) is 0 Å². The lowest BCUT2D eigenvalue weighted by atomic mass is 10.4. The highest BCUT2D eigenvalue weighted by molar-refractivity contribution is 5.72. The first kappa shape index (κ1) is 11.0. The van der Waals surface area contributed by atoms with Gasteiger partial charge in [0.05, 0.1) is 13.2 Å². The summed E-state index contributed by atoms with van der Waals surface area (Å²) in [5.41, 5.74) is -0.211. The van der Waals surface area contributed by atoms with Crippen molar-refractivity contribution >= 4 is 11.2 Å². The van der Waals surface area contributed by atoms with Crippen LogP contribution >= 0.6 is 0 Å². The highest BCUT2D eigenvalue weighted by Crippen LogP contribution is 2.24. The van der Waals surface area contributed by atoms with E-state index in [-0.39, 0.29) is 18.7 Å². The fourth-order valence-electron chi connectivity index (χ4n) is 2.17. The number of aryl methyl sites for hydroxylation is 1. The summed E-state index contributed by atoms with van der Waals surface area (Å²) in [7, 11) is 2.97. The number of aromatic nitrogens is 4. The molecular weight excluding hydrogens is 240 g/mol.